The molecule has 2 aliphatic rings. The van der Waals surface area contributed by atoms with Gasteiger partial charge in [0.05, 0.1) is 5.52 Å². The van der Waals surface area contributed by atoms with Crippen molar-refractivity contribution in [1.82, 2.24) is 10.3 Å². The molecule has 2 aromatic rings. The third kappa shape index (κ3) is 1.72. The lowest BCUT2D eigenvalue weighted by Crippen LogP contribution is -2.37. The van der Waals surface area contributed by atoms with Crippen molar-refractivity contribution >= 4 is 10.9 Å². The Kier molecular flexibility index (Phi) is 2.37. The first kappa shape index (κ1) is 10.5. The van der Waals surface area contributed by atoms with E-state index in [1.807, 2.05) is 0 Å². The smallest absolute Gasteiger partial charge is 0.0705 e. The van der Waals surface area contributed by atoms with Gasteiger partial charge < -0.3 is 5.32 Å². The fourth-order valence-electron chi connectivity index (χ4n) is 3.61. The number of nitrogens with one attached hydrogen (secondary N) is 1. The van der Waals surface area contributed by atoms with Crippen LogP contribution in [0.2, 0.25) is 0 Å². The highest BCUT2D eigenvalue weighted by Gasteiger charge is 2.34. The van der Waals surface area contributed by atoms with Gasteiger partial charge in [0, 0.05) is 29.1 Å². The molecule has 0 saturated carbocycles. The van der Waals surface area contributed by atoms with E-state index in [0.29, 0.717) is 5.92 Å². The molecule has 1 aromatic carbocycles. The Morgan fingerprint density at radius 2 is 1.72 bits per heavy atom. The van der Waals surface area contributed by atoms with Gasteiger partial charge in [-0.25, -0.2) is 0 Å². The molecule has 1 N–H and O–H groups in total. The van der Waals surface area contributed by atoms with E-state index in [0.717, 1.165) is 17.6 Å². The summed E-state index contributed by atoms with van der Waals surface area (Å²) in [6.45, 7) is 0. The van der Waals surface area contributed by atoms with E-state index in [2.05, 4.69) is 41.7 Å². The molecule has 0 amide bonds. The van der Waals surface area contributed by atoms with Gasteiger partial charge in [-0.3, -0.25) is 4.98 Å². The number of benzene rings is 1. The Hall–Kier alpha value is -1.41. The number of aromatic nitrogens is 1. The average molecular weight is 238 g/mol. The summed E-state index contributed by atoms with van der Waals surface area (Å²) in [4.78, 5) is 4.87. The van der Waals surface area contributed by atoms with Crippen LogP contribution in [0.5, 0.6) is 0 Å². The van der Waals surface area contributed by atoms with Crippen molar-refractivity contribution < 1.29 is 0 Å². The van der Waals surface area contributed by atoms with Crippen molar-refractivity contribution in [2.24, 2.45) is 0 Å². The number of rotatable bonds is 1. The van der Waals surface area contributed by atoms with Crippen molar-refractivity contribution in [3.8, 4) is 0 Å². The summed E-state index contributed by atoms with van der Waals surface area (Å²) in [5, 5.41) is 4.95. The van der Waals surface area contributed by atoms with Crippen LogP contribution >= 0.6 is 0 Å². The van der Waals surface area contributed by atoms with E-state index in [4.69, 9.17) is 4.98 Å². The third-order valence-corrected chi connectivity index (χ3v) is 4.51. The minimum Gasteiger partial charge on any atom is -0.311 e. The molecule has 2 aliphatic heterocycles. The molecule has 2 atom stereocenters. The van der Waals surface area contributed by atoms with Gasteiger partial charge >= 0.3 is 0 Å². The van der Waals surface area contributed by atoms with E-state index in [9.17, 15) is 0 Å². The van der Waals surface area contributed by atoms with Gasteiger partial charge in [-0.05, 0) is 37.8 Å². The van der Waals surface area contributed by atoms with Crippen molar-refractivity contribution in [3.63, 3.8) is 0 Å². The fraction of sp³-hybridized carbons (Fsp3) is 0.438. The lowest BCUT2D eigenvalue weighted by molar-refractivity contribution is 0.359. The predicted molar refractivity (Wildman–Crippen MR) is 73.7 cm³/mol. The zero-order valence-corrected chi connectivity index (χ0v) is 10.5. The molecule has 0 radical (unpaired) electrons. The molecule has 1 aromatic heterocycles. The summed E-state index contributed by atoms with van der Waals surface area (Å²) in [5.41, 5.74) is 2.44. The highest BCUT2D eigenvalue weighted by Crippen LogP contribution is 2.36. The highest BCUT2D eigenvalue weighted by atomic mass is 15.0. The van der Waals surface area contributed by atoms with Crippen LogP contribution in [0.25, 0.3) is 10.9 Å². The van der Waals surface area contributed by atoms with Crippen LogP contribution in [0.1, 0.15) is 37.3 Å². The maximum Gasteiger partial charge on any atom is 0.0705 e. The van der Waals surface area contributed by atoms with Crippen molar-refractivity contribution in [1.29, 1.82) is 0 Å². The molecule has 0 spiro atoms. The van der Waals surface area contributed by atoms with Gasteiger partial charge in [0.2, 0.25) is 0 Å². The Morgan fingerprint density at radius 1 is 0.944 bits per heavy atom. The SMILES string of the molecule is c1ccc2nc(C3CC4CCC(C3)N4)ccc2c1. The number of pyridine rings is 1. The van der Waals surface area contributed by atoms with Crippen LogP contribution < -0.4 is 5.32 Å². The molecule has 3 heterocycles. The van der Waals surface area contributed by atoms with Crippen molar-refractivity contribution in [3.05, 3.63) is 42.1 Å². The number of hydrogen-bond donors (Lipinski definition) is 1. The van der Waals surface area contributed by atoms with Crippen molar-refractivity contribution in [2.75, 3.05) is 0 Å². The maximum atomic E-state index is 4.87. The van der Waals surface area contributed by atoms with E-state index in [-0.39, 0.29) is 0 Å². The standard InChI is InChI=1S/C16H18N2/c1-2-4-15-11(3-1)5-8-16(18-15)12-9-13-6-7-14(10-12)17-13/h1-5,8,12-14,17H,6-7,9-10H2. The molecule has 0 aliphatic carbocycles. The molecule has 2 saturated heterocycles. The molecule has 2 heteroatoms. The topological polar surface area (TPSA) is 24.9 Å². The number of nitrogens with zero attached hydrogens (tertiary/aromatic N) is 1. The zero-order chi connectivity index (χ0) is 11.9. The monoisotopic (exact) mass is 238 g/mol. The molecule has 92 valence electrons. The van der Waals surface area contributed by atoms with Crippen LogP contribution in [0.15, 0.2) is 36.4 Å². The molecule has 2 nitrogen and oxygen atoms in total. The predicted octanol–water partition coefficient (Wildman–Crippen LogP) is 3.23. The number of hydrogen-bond acceptors (Lipinski definition) is 2. The molecular weight excluding hydrogens is 220 g/mol. The third-order valence-electron chi connectivity index (χ3n) is 4.51. The molecule has 2 fully saturated rings. The second kappa shape index (κ2) is 4.06. The van der Waals surface area contributed by atoms with Crippen LogP contribution in [-0.4, -0.2) is 17.1 Å². The number of piperidine rings is 1. The summed E-state index contributed by atoms with van der Waals surface area (Å²) < 4.78 is 0. The van der Waals surface area contributed by atoms with Crippen LogP contribution in [0.4, 0.5) is 0 Å². The lowest BCUT2D eigenvalue weighted by atomic mass is 9.89. The Morgan fingerprint density at radius 3 is 2.56 bits per heavy atom. The van der Waals surface area contributed by atoms with Gasteiger partial charge in [0.15, 0.2) is 0 Å². The van der Waals surface area contributed by atoms with E-state index in [1.54, 1.807) is 0 Å². The fourth-order valence-corrected chi connectivity index (χ4v) is 3.61. The first-order chi connectivity index (χ1) is 8.88. The summed E-state index contributed by atoms with van der Waals surface area (Å²) >= 11 is 0. The molecule has 18 heavy (non-hydrogen) atoms. The quantitative estimate of drug-likeness (QED) is 0.825. The van der Waals surface area contributed by atoms with E-state index < -0.39 is 0 Å². The van der Waals surface area contributed by atoms with E-state index >= 15 is 0 Å². The first-order valence-corrected chi connectivity index (χ1v) is 7.00. The summed E-state index contributed by atoms with van der Waals surface area (Å²) in [6.07, 6.45) is 5.24. The summed E-state index contributed by atoms with van der Waals surface area (Å²) in [7, 11) is 0. The van der Waals surface area contributed by atoms with E-state index in [1.165, 1.54) is 36.8 Å². The molecular formula is C16H18N2. The van der Waals surface area contributed by atoms with Crippen molar-refractivity contribution in [2.45, 2.75) is 43.7 Å². The Bertz CT molecular complexity index is 566. The minimum absolute atomic E-state index is 0.661. The normalized spacial score (nSPS) is 30.8. The number of fused-ring (bicyclic) bond motifs is 3. The Labute approximate surface area is 107 Å². The van der Waals surface area contributed by atoms with Gasteiger partial charge in [0.1, 0.15) is 0 Å². The maximum absolute atomic E-state index is 4.87. The largest absolute Gasteiger partial charge is 0.311 e. The molecule has 2 bridgehead atoms. The first-order valence-electron chi connectivity index (χ1n) is 7.00. The second-order valence-corrected chi connectivity index (χ2v) is 5.74. The molecule has 2 unspecified atom stereocenters. The molecule has 4 rings (SSSR count). The summed E-state index contributed by atoms with van der Waals surface area (Å²) in [5.74, 6) is 0.661. The number of para-hydroxylation sites is 1. The van der Waals surface area contributed by atoms with Crippen LogP contribution in [0.3, 0.4) is 0 Å². The van der Waals surface area contributed by atoms with Crippen LogP contribution in [0, 0.1) is 0 Å². The highest BCUT2D eigenvalue weighted by molar-refractivity contribution is 5.78. The van der Waals surface area contributed by atoms with Gasteiger partial charge in [-0.2, -0.15) is 0 Å². The van der Waals surface area contributed by atoms with Gasteiger partial charge in [0.25, 0.3) is 0 Å². The summed E-state index contributed by atoms with van der Waals surface area (Å²) in [6, 6.07) is 14.3. The minimum atomic E-state index is 0.661. The average Bonchev–Trinajstić information content (AvgIpc) is 2.77. The lowest BCUT2D eigenvalue weighted by Gasteiger charge is -2.28. The zero-order valence-electron chi connectivity index (χ0n) is 10.5. The van der Waals surface area contributed by atoms with Gasteiger partial charge in [-0.1, -0.05) is 24.3 Å². The van der Waals surface area contributed by atoms with Gasteiger partial charge in [-0.15, -0.1) is 0 Å². The van der Waals surface area contributed by atoms with Crippen LogP contribution in [-0.2, 0) is 0 Å². The Balaban J connectivity index is 1.70. The second-order valence-electron chi connectivity index (χ2n) is 5.74.